The lowest BCUT2D eigenvalue weighted by Gasteiger charge is -2.13. The van der Waals surface area contributed by atoms with E-state index in [1.165, 1.54) is 14.2 Å². The minimum absolute atomic E-state index is 0.114. The number of carbonyl (C=O) groups is 1. The zero-order valence-corrected chi connectivity index (χ0v) is 12.1. The van der Waals surface area contributed by atoms with E-state index in [4.69, 9.17) is 9.47 Å². The number of hydrogen-bond acceptors (Lipinski definition) is 4. The lowest BCUT2D eigenvalue weighted by Crippen LogP contribution is -2.06. The standard InChI is InChI=1S/C13H19O4P/c1-5-9(2)18(15)13(14)12-10(16-3)7-6-8-11(12)17-4/h6-9,18H,5H2,1-4H3. The Morgan fingerprint density at radius 1 is 1.28 bits per heavy atom. The first-order valence-corrected chi connectivity index (χ1v) is 7.34. The molecule has 0 spiro atoms. The third-order valence-corrected chi connectivity index (χ3v) is 4.94. The quantitative estimate of drug-likeness (QED) is 0.745. The summed E-state index contributed by atoms with van der Waals surface area (Å²) in [6.45, 7) is 3.74. The van der Waals surface area contributed by atoms with Crippen molar-refractivity contribution in [3.05, 3.63) is 23.8 Å². The molecular formula is C13H19O4P. The van der Waals surface area contributed by atoms with E-state index in [0.717, 1.165) is 0 Å². The van der Waals surface area contributed by atoms with Crippen LogP contribution in [0.5, 0.6) is 11.5 Å². The van der Waals surface area contributed by atoms with Gasteiger partial charge in [-0.1, -0.05) is 19.9 Å². The Morgan fingerprint density at radius 3 is 2.17 bits per heavy atom. The number of benzene rings is 1. The van der Waals surface area contributed by atoms with Gasteiger partial charge in [0.25, 0.3) is 0 Å². The Bertz CT molecular complexity index is 434. The normalized spacial score (nSPS) is 13.8. The molecule has 5 heteroatoms. The second-order valence-corrected chi connectivity index (χ2v) is 6.21. The monoisotopic (exact) mass is 270 g/mol. The Hall–Kier alpha value is -1.28. The molecule has 2 unspecified atom stereocenters. The van der Waals surface area contributed by atoms with Crippen molar-refractivity contribution in [3.8, 4) is 11.5 Å². The third-order valence-electron chi connectivity index (χ3n) is 2.94. The lowest BCUT2D eigenvalue weighted by molar-refractivity contribution is 0.107. The molecule has 0 fully saturated rings. The second-order valence-electron chi connectivity index (χ2n) is 4.04. The fraction of sp³-hybridized carbons (Fsp3) is 0.462. The molecule has 0 aliphatic rings. The molecule has 100 valence electrons. The molecule has 0 amide bonds. The average molecular weight is 270 g/mol. The molecule has 0 heterocycles. The summed E-state index contributed by atoms with van der Waals surface area (Å²) in [5.41, 5.74) is -0.201. The van der Waals surface area contributed by atoms with Gasteiger partial charge in [-0.3, -0.25) is 4.79 Å². The van der Waals surface area contributed by atoms with Gasteiger partial charge in [0.05, 0.1) is 14.2 Å². The number of methoxy groups -OCH3 is 2. The Labute approximate surface area is 108 Å². The van der Waals surface area contributed by atoms with Crippen LogP contribution in [0.3, 0.4) is 0 Å². The molecule has 1 aromatic carbocycles. The predicted octanol–water partition coefficient (Wildman–Crippen LogP) is 3.20. The maximum Gasteiger partial charge on any atom is 0.226 e. The van der Waals surface area contributed by atoms with Gasteiger partial charge in [-0.05, 0) is 18.6 Å². The van der Waals surface area contributed by atoms with E-state index in [2.05, 4.69) is 0 Å². The maximum absolute atomic E-state index is 12.3. The summed E-state index contributed by atoms with van der Waals surface area (Å²) in [6.07, 6.45) is 0.709. The first-order valence-electron chi connectivity index (χ1n) is 5.86. The predicted molar refractivity (Wildman–Crippen MR) is 72.6 cm³/mol. The molecule has 0 aliphatic carbocycles. The fourth-order valence-corrected chi connectivity index (χ4v) is 2.92. The average Bonchev–Trinajstić information content (AvgIpc) is 2.43. The molecule has 0 saturated heterocycles. The highest BCUT2D eigenvalue weighted by atomic mass is 31.1. The van der Waals surface area contributed by atoms with Crippen molar-refractivity contribution in [1.29, 1.82) is 0 Å². The molecule has 1 rings (SSSR count). The van der Waals surface area contributed by atoms with Gasteiger partial charge in [0.15, 0.2) is 0 Å². The van der Waals surface area contributed by atoms with Crippen LogP contribution in [0.25, 0.3) is 0 Å². The largest absolute Gasteiger partial charge is 0.496 e. The van der Waals surface area contributed by atoms with Crippen molar-refractivity contribution in [2.24, 2.45) is 0 Å². The van der Waals surface area contributed by atoms with Gasteiger partial charge in [0.1, 0.15) is 24.9 Å². The van der Waals surface area contributed by atoms with Crippen LogP contribution >= 0.6 is 7.80 Å². The van der Waals surface area contributed by atoms with Crippen LogP contribution in [0, 0.1) is 0 Å². The summed E-state index contributed by atoms with van der Waals surface area (Å²) >= 11 is 0. The summed E-state index contributed by atoms with van der Waals surface area (Å²) in [6, 6.07) is 5.07. The molecule has 4 nitrogen and oxygen atoms in total. The van der Waals surface area contributed by atoms with E-state index in [1.54, 1.807) is 18.2 Å². The van der Waals surface area contributed by atoms with Gasteiger partial charge in [-0.25, -0.2) is 0 Å². The van der Waals surface area contributed by atoms with Gasteiger partial charge in [0.2, 0.25) is 5.52 Å². The molecule has 1 aromatic rings. The van der Waals surface area contributed by atoms with E-state index in [9.17, 15) is 9.36 Å². The molecule has 2 atom stereocenters. The van der Waals surface area contributed by atoms with Crippen LogP contribution in [0.2, 0.25) is 0 Å². The smallest absolute Gasteiger partial charge is 0.226 e. The van der Waals surface area contributed by atoms with Crippen molar-refractivity contribution >= 4 is 13.3 Å². The van der Waals surface area contributed by atoms with Crippen molar-refractivity contribution in [2.75, 3.05) is 14.2 Å². The Balaban J connectivity index is 3.23. The van der Waals surface area contributed by atoms with Crippen LogP contribution in [0.4, 0.5) is 0 Å². The zero-order valence-electron chi connectivity index (χ0n) is 11.1. The molecule has 18 heavy (non-hydrogen) atoms. The molecular weight excluding hydrogens is 251 g/mol. The highest BCUT2D eigenvalue weighted by molar-refractivity contribution is 7.65. The van der Waals surface area contributed by atoms with Crippen molar-refractivity contribution in [3.63, 3.8) is 0 Å². The van der Waals surface area contributed by atoms with Gasteiger partial charge >= 0.3 is 0 Å². The first kappa shape index (κ1) is 14.8. The van der Waals surface area contributed by atoms with Crippen LogP contribution in [-0.2, 0) is 4.57 Å². The van der Waals surface area contributed by atoms with Crippen LogP contribution in [0.15, 0.2) is 18.2 Å². The lowest BCUT2D eigenvalue weighted by atomic mass is 10.2. The van der Waals surface area contributed by atoms with Gasteiger partial charge < -0.3 is 14.0 Å². The van der Waals surface area contributed by atoms with Gasteiger partial charge in [-0.15, -0.1) is 0 Å². The molecule has 0 aromatic heterocycles. The maximum atomic E-state index is 12.3. The van der Waals surface area contributed by atoms with E-state index >= 15 is 0 Å². The summed E-state index contributed by atoms with van der Waals surface area (Å²) in [4.78, 5) is 12.3. The number of carbonyl (C=O) groups excluding carboxylic acids is 1. The van der Waals surface area contributed by atoms with E-state index in [0.29, 0.717) is 17.9 Å². The van der Waals surface area contributed by atoms with Crippen molar-refractivity contribution < 1.29 is 18.8 Å². The topological polar surface area (TPSA) is 52.6 Å². The van der Waals surface area contributed by atoms with Crippen LogP contribution < -0.4 is 9.47 Å². The first-order chi connectivity index (χ1) is 8.56. The van der Waals surface area contributed by atoms with Crippen molar-refractivity contribution in [2.45, 2.75) is 25.9 Å². The number of ether oxygens (including phenoxy) is 2. The van der Waals surface area contributed by atoms with Crippen LogP contribution in [0.1, 0.15) is 30.6 Å². The number of hydrogen-bond donors (Lipinski definition) is 0. The van der Waals surface area contributed by atoms with Gasteiger partial charge in [-0.2, -0.15) is 0 Å². The molecule has 0 N–H and O–H groups in total. The van der Waals surface area contributed by atoms with Crippen LogP contribution in [-0.4, -0.2) is 25.4 Å². The minimum Gasteiger partial charge on any atom is -0.496 e. The Kier molecular flexibility index (Phi) is 5.42. The van der Waals surface area contributed by atoms with E-state index < -0.39 is 7.80 Å². The summed E-state index contributed by atoms with van der Waals surface area (Å²) in [7, 11) is 0.595. The molecule has 0 radical (unpaired) electrons. The number of rotatable bonds is 6. The van der Waals surface area contributed by atoms with Gasteiger partial charge in [0, 0.05) is 5.66 Å². The SMILES string of the molecule is CCC(C)[PH](=O)C(=O)c1c(OC)cccc1OC. The van der Waals surface area contributed by atoms with E-state index in [1.807, 2.05) is 13.8 Å². The minimum atomic E-state index is -2.36. The van der Waals surface area contributed by atoms with Crippen molar-refractivity contribution in [1.82, 2.24) is 0 Å². The highest BCUT2D eigenvalue weighted by Gasteiger charge is 2.25. The molecule has 0 bridgehead atoms. The third kappa shape index (κ3) is 2.94. The van der Waals surface area contributed by atoms with E-state index in [-0.39, 0.29) is 16.7 Å². The molecule has 0 saturated carbocycles. The molecule has 0 aliphatic heterocycles. The highest BCUT2D eigenvalue weighted by Crippen LogP contribution is 2.40. The fourth-order valence-electron chi connectivity index (χ4n) is 1.61. The summed E-state index contributed by atoms with van der Waals surface area (Å²) < 4.78 is 22.4. The second kappa shape index (κ2) is 6.60. The summed E-state index contributed by atoms with van der Waals surface area (Å²) in [5, 5.41) is 0. The Morgan fingerprint density at radius 2 is 1.78 bits per heavy atom. The zero-order chi connectivity index (χ0) is 13.7. The summed E-state index contributed by atoms with van der Waals surface area (Å²) in [5.74, 6) is 0.807.